The molecule has 18 nitrogen and oxygen atoms in total. The lowest BCUT2D eigenvalue weighted by molar-refractivity contribution is -0.156. The summed E-state index contributed by atoms with van der Waals surface area (Å²) in [6, 6.07) is 3.06. The average molecular weight is 1040 g/mol. The van der Waals surface area contributed by atoms with Crippen LogP contribution < -0.4 is 20.4 Å². The van der Waals surface area contributed by atoms with E-state index in [9.17, 15) is 24.0 Å². The summed E-state index contributed by atoms with van der Waals surface area (Å²) in [5, 5.41) is 7.75. The molecule has 4 amide bonds. The second-order valence-corrected chi connectivity index (χ2v) is 22.5. The summed E-state index contributed by atoms with van der Waals surface area (Å²) in [7, 11) is 3.08. The van der Waals surface area contributed by atoms with Crippen molar-refractivity contribution in [2.24, 2.45) is 11.3 Å². The first-order valence-electron chi connectivity index (χ1n) is 25.9. The lowest BCUT2D eigenvalue weighted by Gasteiger charge is -2.40. The molecular weight excluding hydrogens is 970 g/mol. The van der Waals surface area contributed by atoms with Crippen molar-refractivity contribution in [2.75, 3.05) is 78.2 Å². The molecule has 0 radical (unpaired) electrons. The summed E-state index contributed by atoms with van der Waals surface area (Å²) in [4.78, 5) is 84.8. The van der Waals surface area contributed by atoms with Crippen molar-refractivity contribution in [3.05, 3.63) is 58.7 Å². The number of alkyl halides is 1. The standard InChI is InChI=1S/C54H70FN9O9S/c1-10-44(65)62-16-13-54(55,14-17-62)52(69)60(8)46(31(2)3)49(66)58-40-25-43-57-41(29-74-43)34-22-36-38(26-53(6,7)30-73-51(68)39-12-11-15-63(59-39)50(40)67)47(64-32(4)28-72-42(23-34)48(36)64)37-24-35(61-18-20-71-21-19-61)27-56-45(37)33(5)70-9/h10,22-24,27,29,31-33,39-40,46,59H,1,11-21,25-26,28,30H2,2-9H3,(H,58,66)/t32-,33-,39-,40-,46-/m0/s1. The highest BCUT2D eigenvalue weighted by Crippen LogP contribution is 2.49. The van der Waals surface area contributed by atoms with E-state index in [1.165, 1.54) is 28.3 Å². The van der Waals surface area contributed by atoms with Crippen molar-refractivity contribution in [3.63, 3.8) is 0 Å². The Bertz CT molecular complexity index is 2820. The first-order valence-corrected chi connectivity index (χ1v) is 26.8. The number of hydrogen-bond acceptors (Lipinski definition) is 14. The Kier molecular flexibility index (Phi) is 15.3. The van der Waals surface area contributed by atoms with Crippen molar-refractivity contribution >= 4 is 57.5 Å². The van der Waals surface area contributed by atoms with Gasteiger partial charge in [-0.2, -0.15) is 0 Å². The van der Waals surface area contributed by atoms with Crippen molar-refractivity contribution in [1.82, 2.24) is 40.1 Å². The first-order chi connectivity index (χ1) is 35.3. The number of likely N-dealkylation sites (tertiary alicyclic amines) is 1. The van der Waals surface area contributed by atoms with Crippen molar-refractivity contribution in [2.45, 2.75) is 116 Å². The number of pyridine rings is 1. The number of hydrogen-bond donors (Lipinski definition) is 2. The lowest BCUT2D eigenvalue weighted by atomic mass is 9.84. The van der Waals surface area contributed by atoms with Gasteiger partial charge < -0.3 is 43.5 Å². The first kappa shape index (κ1) is 52.9. The summed E-state index contributed by atoms with van der Waals surface area (Å²) in [6.07, 6.45) is 3.63. The molecule has 1 aromatic carbocycles. The number of amides is 4. The number of esters is 1. The number of carbonyl (C=O) groups excluding carboxylic acids is 5. The molecule has 4 aromatic rings. The highest BCUT2D eigenvalue weighted by Gasteiger charge is 2.47. The van der Waals surface area contributed by atoms with E-state index >= 15 is 4.39 Å². The topological polar surface area (TPSA) is 190 Å². The molecule has 74 heavy (non-hydrogen) atoms. The Morgan fingerprint density at radius 3 is 2.51 bits per heavy atom. The third kappa shape index (κ3) is 10.4. The van der Waals surface area contributed by atoms with Gasteiger partial charge >= 0.3 is 5.97 Å². The molecule has 6 bridgehead atoms. The predicted molar refractivity (Wildman–Crippen MR) is 278 cm³/mol. The van der Waals surface area contributed by atoms with Crippen LogP contribution in [0.15, 0.2) is 42.4 Å². The molecule has 0 saturated carbocycles. The maximum absolute atomic E-state index is 16.5. The number of carbonyl (C=O) groups is 5. The monoisotopic (exact) mass is 1040 g/mol. The van der Waals surface area contributed by atoms with Gasteiger partial charge in [-0.15, -0.1) is 11.3 Å². The van der Waals surface area contributed by atoms with Gasteiger partial charge in [0.25, 0.3) is 11.8 Å². The number of halogens is 1. The van der Waals surface area contributed by atoms with Crippen molar-refractivity contribution in [3.8, 4) is 28.3 Å². The van der Waals surface area contributed by atoms with Crippen LogP contribution in [0.25, 0.3) is 33.4 Å². The van der Waals surface area contributed by atoms with Crippen LogP contribution in [-0.2, 0) is 51.0 Å². The number of nitrogens with zero attached hydrogens (tertiary/aromatic N) is 7. The predicted octanol–water partition coefficient (Wildman–Crippen LogP) is 5.97. The number of fused-ring (bicyclic) bond motifs is 6. The summed E-state index contributed by atoms with van der Waals surface area (Å²) in [6.45, 7) is 18.8. The minimum absolute atomic E-state index is 0.0221. The zero-order valence-corrected chi connectivity index (χ0v) is 44.6. The maximum atomic E-state index is 16.5. The number of thiazole rings is 1. The molecule has 5 atom stereocenters. The fourth-order valence-corrected chi connectivity index (χ4v) is 12.0. The van der Waals surface area contributed by atoms with Gasteiger partial charge in [-0.25, -0.2) is 14.8 Å². The molecule has 0 unspecified atom stereocenters. The second-order valence-electron chi connectivity index (χ2n) is 21.6. The quantitative estimate of drug-likeness (QED) is 0.140. The van der Waals surface area contributed by atoms with Gasteiger partial charge in [-0.1, -0.05) is 34.3 Å². The number of aromatic nitrogens is 3. The van der Waals surface area contributed by atoms with Crippen molar-refractivity contribution in [1.29, 1.82) is 0 Å². The zero-order valence-electron chi connectivity index (χ0n) is 43.8. The number of hydrazine groups is 1. The number of rotatable bonds is 10. The van der Waals surface area contributed by atoms with Crippen LogP contribution in [0.3, 0.4) is 0 Å². The van der Waals surface area contributed by atoms with Gasteiger partial charge in [-0.05, 0) is 68.9 Å². The fourth-order valence-electron chi connectivity index (χ4n) is 11.2. The number of likely N-dealkylation sites (N-methyl/N-ethyl adjacent to an activating group) is 1. The number of ether oxygens (including phenoxy) is 4. The molecule has 3 aromatic heterocycles. The number of morpholine rings is 1. The smallest absolute Gasteiger partial charge is 0.324 e. The minimum Gasteiger partial charge on any atom is -0.489 e. The molecule has 9 rings (SSSR count). The van der Waals surface area contributed by atoms with Crippen LogP contribution in [-0.4, -0.2) is 156 Å². The largest absolute Gasteiger partial charge is 0.489 e. The van der Waals surface area contributed by atoms with Crippen LogP contribution >= 0.6 is 11.3 Å². The van der Waals surface area contributed by atoms with Crippen LogP contribution in [0.1, 0.15) is 95.6 Å². The van der Waals surface area contributed by atoms with Crippen LogP contribution in [0.2, 0.25) is 0 Å². The van der Waals surface area contributed by atoms with Gasteiger partial charge in [0.1, 0.15) is 30.5 Å². The number of benzene rings is 1. The van der Waals surface area contributed by atoms with E-state index in [1.54, 1.807) is 21.0 Å². The number of anilines is 1. The van der Waals surface area contributed by atoms with Gasteiger partial charge in [-0.3, -0.25) is 34.0 Å². The molecule has 8 heterocycles. The number of nitrogens with one attached hydrogen (secondary N) is 2. The molecule has 398 valence electrons. The van der Waals surface area contributed by atoms with Gasteiger partial charge in [0.05, 0.1) is 71.5 Å². The normalized spacial score (nSPS) is 22.8. The minimum atomic E-state index is -2.31. The molecule has 0 spiro atoms. The third-order valence-electron chi connectivity index (χ3n) is 15.3. The summed E-state index contributed by atoms with van der Waals surface area (Å²) in [5.41, 5.74) is 7.32. The molecule has 5 aliphatic rings. The van der Waals surface area contributed by atoms with Gasteiger partial charge in [0.2, 0.25) is 11.8 Å². The lowest BCUT2D eigenvalue weighted by Crippen LogP contribution is -2.63. The summed E-state index contributed by atoms with van der Waals surface area (Å²) >= 11 is 1.34. The van der Waals surface area contributed by atoms with Crippen LogP contribution in [0, 0.1) is 11.3 Å². The molecule has 3 fully saturated rings. The summed E-state index contributed by atoms with van der Waals surface area (Å²) in [5.74, 6) is -2.68. The molecule has 3 saturated heterocycles. The maximum Gasteiger partial charge on any atom is 0.324 e. The zero-order chi connectivity index (χ0) is 52.8. The van der Waals surface area contributed by atoms with Crippen LogP contribution in [0.4, 0.5) is 10.1 Å². The van der Waals surface area contributed by atoms with E-state index in [4.69, 9.17) is 28.9 Å². The Balaban J connectivity index is 1.12. The van der Waals surface area contributed by atoms with E-state index in [2.05, 4.69) is 59.7 Å². The van der Waals surface area contributed by atoms with E-state index in [0.717, 1.165) is 68.7 Å². The van der Waals surface area contributed by atoms with Gasteiger partial charge in [0.15, 0.2) is 5.67 Å². The van der Waals surface area contributed by atoms with E-state index in [-0.39, 0.29) is 63.6 Å². The van der Waals surface area contributed by atoms with E-state index < -0.39 is 58.8 Å². The fraction of sp³-hybridized carbons (Fsp3) is 0.574. The molecule has 20 heteroatoms. The molecule has 0 aliphatic carbocycles. The van der Waals surface area contributed by atoms with Gasteiger partial charge in [0, 0.05) is 93.5 Å². The highest BCUT2D eigenvalue weighted by atomic mass is 32.1. The second kappa shape index (κ2) is 21.3. The number of methoxy groups -OCH3 is 1. The number of piperidine rings is 1. The Hall–Kier alpha value is -5.96. The highest BCUT2D eigenvalue weighted by molar-refractivity contribution is 7.10. The van der Waals surface area contributed by atoms with E-state index in [1.807, 2.05) is 24.6 Å². The van der Waals surface area contributed by atoms with E-state index in [0.29, 0.717) is 55.5 Å². The Morgan fingerprint density at radius 2 is 1.81 bits per heavy atom. The third-order valence-corrected chi connectivity index (χ3v) is 16.1. The Morgan fingerprint density at radius 1 is 1.07 bits per heavy atom. The molecule has 2 N–H and O–H groups in total. The molecule has 5 aliphatic heterocycles. The Labute approximate surface area is 435 Å². The average Bonchev–Trinajstić information content (AvgIpc) is 4.02. The number of cyclic esters (lactones) is 1. The summed E-state index contributed by atoms with van der Waals surface area (Å²) < 4.78 is 43.4. The van der Waals surface area contributed by atoms with Crippen molar-refractivity contribution < 1.29 is 47.3 Å². The van der Waals surface area contributed by atoms with Crippen LogP contribution in [0.5, 0.6) is 5.75 Å². The molecular formula is C54H70FN9O9S. The SMILES string of the molecule is C=CC(=O)N1CCC(F)(C(=O)N(C)[C@H](C(=O)N[C@H]2Cc3nc(cs3)-c3cc4c5c(c3)c(c(-c3cc(N6CCOCC6)cnc3[C@H](C)OC)n5[C@@H](C)CO4)CC(C)(C)COC(=O)[C@@H]3CCCN(N3)C2=O)C(C)C)CC1.